The van der Waals surface area contributed by atoms with Crippen LogP contribution in [0.2, 0.25) is 0 Å². The van der Waals surface area contributed by atoms with E-state index in [2.05, 4.69) is 5.32 Å². The van der Waals surface area contributed by atoms with Crippen LogP contribution in [0.25, 0.3) is 0 Å². The molecule has 0 saturated carbocycles. The monoisotopic (exact) mass is 442 g/mol. The van der Waals surface area contributed by atoms with Gasteiger partial charge in [-0.1, -0.05) is 12.1 Å². The molecule has 1 aliphatic rings. The molecule has 0 aliphatic carbocycles. The smallest absolute Gasteiger partial charge is 0.306 e. The van der Waals surface area contributed by atoms with Gasteiger partial charge < -0.3 is 14.8 Å². The molecule has 2 amide bonds. The fraction of sp³-hybridized carbons (Fsp3) is 0.348. The minimum absolute atomic E-state index is 0.0512. The van der Waals surface area contributed by atoms with Crippen LogP contribution in [0.1, 0.15) is 37.6 Å². The predicted molar refractivity (Wildman–Crippen MR) is 121 cm³/mol. The van der Waals surface area contributed by atoms with E-state index < -0.39 is 0 Å². The number of carbonyl (C=O) groups is 3. The number of benzene rings is 2. The average Bonchev–Trinajstić information content (AvgIpc) is 3.15. The minimum Gasteiger partial charge on any atom is -0.494 e. The zero-order chi connectivity index (χ0) is 22.2. The first-order valence-corrected chi connectivity index (χ1v) is 11.3. The van der Waals surface area contributed by atoms with Gasteiger partial charge in [0.1, 0.15) is 11.1 Å². The molecule has 2 aromatic carbocycles. The molecule has 0 aromatic heterocycles. The molecule has 1 aliphatic heterocycles. The summed E-state index contributed by atoms with van der Waals surface area (Å²) < 4.78 is 10.3. The van der Waals surface area contributed by atoms with Crippen molar-refractivity contribution in [1.29, 1.82) is 0 Å². The van der Waals surface area contributed by atoms with Crippen LogP contribution >= 0.6 is 11.8 Å². The molecule has 1 saturated heterocycles. The summed E-state index contributed by atoms with van der Waals surface area (Å²) >= 11 is 1.56. The van der Waals surface area contributed by atoms with Gasteiger partial charge in [-0.15, -0.1) is 11.8 Å². The van der Waals surface area contributed by atoms with E-state index in [4.69, 9.17) is 9.47 Å². The van der Waals surface area contributed by atoms with E-state index >= 15 is 0 Å². The first kappa shape index (κ1) is 22.7. The van der Waals surface area contributed by atoms with E-state index in [0.717, 1.165) is 17.0 Å². The van der Waals surface area contributed by atoms with E-state index in [0.29, 0.717) is 24.7 Å². The van der Waals surface area contributed by atoms with Gasteiger partial charge in [-0.2, -0.15) is 0 Å². The lowest BCUT2D eigenvalue weighted by Crippen LogP contribution is -2.27. The highest BCUT2D eigenvalue weighted by Gasteiger charge is 2.34. The van der Waals surface area contributed by atoms with Gasteiger partial charge >= 0.3 is 5.97 Å². The van der Waals surface area contributed by atoms with Crippen LogP contribution in [-0.2, 0) is 19.1 Å². The molecule has 7 nitrogen and oxygen atoms in total. The molecule has 1 fully saturated rings. The molecule has 1 N–H and O–H groups in total. The van der Waals surface area contributed by atoms with Gasteiger partial charge in [-0.25, -0.2) is 0 Å². The van der Waals surface area contributed by atoms with Crippen LogP contribution in [0, 0.1) is 0 Å². The Morgan fingerprint density at radius 1 is 1.03 bits per heavy atom. The summed E-state index contributed by atoms with van der Waals surface area (Å²) in [6.45, 7) is 4.55. The number of rotatable bonds is 9. The van der Waals surface area contributed by atoms with Crippen molar-refractivity contribution < 1.29 is 23.9 Å². The van der Waals surface area contributed by atoms with Gasteiger partial charge in [0.05, 0.1) is 25.4 Å². The Balaban J connectivity index is 1.64. The number of thioether (sulfide) groups is 1. The van der Waals surface area contributed by atoms with Crippen LogP contribution in [-0.4, -0.2) is 36.8 Å². The molecular formula is C23H26N2O5S. The zero-order valence-corrected chi connectivity index (χ0v) is 18.4. The number of amides is 2. The van der Waals surface area contributed by atoms with Crippen molar-refractivity contribution in [2.75, 3.05) is 29.2 Å². The second kappa shape index (κ2) is 10.9. The van der Waals surface area contributed by atoms with Gasteiger partial charge in [0.2, 0.25) is 11.8 Å². The topological polar surface area (TPSA) is 84.9 Å². The van der Waals surface area contributed by atoms with Crippen molar-refractivity contribution in [3.63, 3.8) is 0 Å². The number of hydrogen-bond donors (Lipinski definition) is 1. The van der Waals surface area contributed by atoms with Crippen molar-refractivity contribution in [3.05, 3.63) is 54.1 Å². The van der Waals surface area contributed by atoms with Crippen molar-refractivity contribution in [3.8, 4) is 5.75 Å². The van der Waals surface area contributed by atoms with Crippen LogP contribution < -0.4 is 15.0 Å². The summed E-state index contributed by atoms with van der Waals surface area (Å²) in [5.74, 6) is 0.595. The summed E-state index contributed by atoms with van der Waals surface area (Å²) in [4.78, 5) is 37.7. The fourth-order valence-electron chi connectivity index (χ4n) is 3.22. The van der Waals surface area contributed by atoms with Crippen LogP contribution in [0.3, 0.4) is 0 Å². The first-order chi connectivity index (χ1) is 15.0. The van der Waals surface area contributed by atoms with Crippen molar-refractivity contribution >= 4 is 40.9 Å². The number of esters is 1. The van der Waals surface area contributed by atoms with Crippen molar-refractivity contribution in [1.82, 2.24) is 0 Å². The van der Waals surface area contributed by atoms with Gasteiger partial charge in [-0.3, -0.25) is 19.3 Å². The maximum Gasteiger partial charge on any atom is 0.306 e. The Hall–Kier alpha value is -3.00. The normalized spacial score (nSPS) is 15.6. The van der Waals surface area contributed by atoms with Gasteiger partial charge in [-0.05, 0) is 55.8 Å². The highest BCUT2D eigenvalue weighted by molar-refractivity contribution is 8.00. The molecule has 2 aromatic rings. The highest BCUT2D eigenvalue weighted by Crippen LogP contribution is 2.42. The molecular weight excluding hydrogens is 416 g/mol. The van der Waals surface area contributed by atoms with E-state index in [-0.39, 0.29) is 36.0 Å². The third-order valence-corrected chi connectivity index (χ3v) is 5.85. The van der Waals surface area contributed by atoms with E-state index in [9.17, 15) is 14.4 Å². The summed E-state index contributed by atoms with van der Waals surface area (Å²) in [7, 11) is 0. The average molecular weight is 443 g/mol. The second-order valence-corrected chi connectivity index (χ2v) is 7.90. The van der Waals surface area contributed by atoms with Gasteiger partial charge in [0.15, 0.2) is 0 Å². The molecule has 164 valence electrons. The van der Waals surface area contributed by atoms with Crippen LogP contribution in [0.15, 0.2) is 48.5 Å². The van der Waals surface area contributed by atoms with Crippen LogP contribution in [0.4, 0.5) is 11.4 Å². The highest BCUT2D eigenvalue weighted by atomic mass is 32.2. The molecule has 8 heteroatoms. The molecule has 3 rings (SSSR count). The fourth-order valence-corrected chi connectivity index (χ4v) is 4.40. The second-order valence-electron chi connectivity index (χ2n) is 6.83. The number of hydrogen-bond acceptors (Lipinski definition) is 6. The molecule has 1 heterocycles. The third-order valence-electron chi connectivity index (χ3n) is 4.63. The molecule has 1 atom stereocenters. The Labute approximate surface area is 186 Å². The number of anilines is 2. The standard InChI is InChI=1S/C23H26N2O5S/c1-3-29-19-11-9-18(10-12-19)25-21(27)15-31-23(25)16-5-7-17(8-6-16)24-20(26)13-14-22(28)30-4-2/h5-12,23H,3-4,13-15H2,1-2H3,(H,24,26). The molecule has 31 heavy (non-hydrogen) atoms. The minimum atomic E-state index is -0.384. The zero-order valence-electron chi connectivity index (χ0n) is 17.6. The Bertz CT molecular complexity index is 915. The molecule has 0 spiro atoms. The maximum absolute atomic E-state index is 12.5. The predicted octanol–water partition coefficient (Wildman–Crippen LogP) is 4.15. The largest absolute Gasteiger partial charge is 0.494 e. The first-order valence-electron chi connectivity index (χ1n) is 10.2. The molecule has 0 bridgehead atoms. The third kappa shape index (κ3) is 6.01. The maximum atomic E-state index is 12.5. The van der Waals surface area contributed by atoms with E-state index in [1.54, 1.807) is 35.7 Å². The summed E-state index contributed by atoms with van der Waals surface area (Å²) in [6, 6.07) is 14.9. The van der Waals surface area contributed by atoms with E-state index in [1.165, 1.54) is 0 Å². The lowest BCUT2D eigenvalue weighted by Gasteiger charge is -2.24. The van der Waals surface area contributed by atoms with Crippen molar-refractivity contribution in [2.45, 2.75) is 32.1 Å². The SMILES string of the molecule is CCOC(=O)CCC(=O)Nc1ccc(C2SCC(=O)N2c2ccc(OCC)cc2)cc1. The van der Waals surface area contributed by atoms with Crippen molar-refractivity contribution in [2.24, 2.45) is 0 Å². The Kier molecular flexibility index (Phi) is 7.94. The van der Waals surface area contributed by atoms with Gasteiger partial charge in [0.25, 0.3) is 0 Å². The lowest BCUT2D eigenvalue weighted by molar-refractivity contribution is -0.144. The number of nitrogens with one attached hydrogen (secondary N) is 1. The summed E-state index contributed by atoms with van der Waals surface area (Å²) in [5, 5.41) is 2.64. The Morgan fingerprint density at radius 2 is 1.74 bits per heavy atom. The number of nitrogens with zero attached hydrogens (tertiary/aromatic N) is 1. The summed E-state index contributed by atoms with van der Waals surface area (Å²) in [5.41, 5.74) is 2.42. The Morgan fingerprint density at radius 3 is 2.39 bits per heavy atom. The molecule has 0 radical (unpaired) electrons. The molecule has 1 unspecified atom stereocenters. The number of ether oxygens (including phenoxy) is 2. The van der Waals surface area contributed by atoms with E-state index in [1.807, 2.05) is 43.3 Å². The number of carbonyl (C=O) groups excluding carboxylic acids is 3. The lowest BCUT2D eigenvalue weighted by atomic mass is 10.1. The van der Waals surface area contributed by atoms with Crippen LogP contribution in [0.5, 0.6) is 5.75 Å². The quantitative estimate of drug-likeness (QED) is 0.588. The van der Waals surface area contributed by atoms with Gasteiger partial charge in [0, 0.05) is 17.8 Å². The summed E-state index contributed by atoms with van der Waals surface area (Å²) in [6.07, 6.45) is 0.120.